The van der Waals surface area contributed by atoms with Crippen LogP contribution in [0.15, 0.2) is 35.7 Å². The van der Waals surface area contributed by atoms with Crippen LogP contribution in [0, 0.1) is 11.8 Å². The summed E-state index contributed by atoms with van der Waals surface area (Å²) in [5, 5.41) is 4.00. The number of carbonyl (C=O) groups is 1. The van der Waals surface area contributed by atoms with Crippen molar-refractivity contribution in [2.24, 2.45) is 18.9 Å². The van der Waals surface area contributed by atoms with Crippen molar-refractivity contribution in [3.8, 4) is 10.7 Å². The summed E-state index contributed by atoms with van der Waals surface area (Å²) >= 11 is 1.55. The van der Waals surface area contributed by atoms with Crippen molar-refractivity contribution >= 4 is 28.1 Å². The normalized spacial score (nSPS) is 21.0. The third kappa shape index (κ3) is 2.97. The molecule has 0 spiro atoms. The molecule has 1 aliphatic rings. The molecule has 3 heterocycles. The minimum absolute atomic E-state index is 0.0691. The lowest BCUT2D eigenvalue weighted by Gasteiger charge is -2.34. The number of benzene rings is 1. The molecule has 1 aliphatic heterocycles. The van der Waals surface area contributed by atoms with Crippen LogP contribution in [0.2, 0.25) is 0 Å². The fourth-order valence-corrected chi connectivity index (χ4v) is 4.82. The molecule has 1 amide bonds. The van der Waals surface area contributed by atoms with Crippen LogP contribution in [0.4, 0.5) is 0 Å². The van der Waals surface area contributed by atoms with E-state index in [-0.39, 0.29) is 5.91 Å². The smallest absolute Gasteiger partial charge is 0.273 e. The standard InChI is InChI=1S/C20H23N3OS/c1-13-8-14(2)11-23(10-13)20(24)16-12-25-19(21-16)18-9-15-6-4-5-7-17(15)22(18)3/h4-7,9,12-14H,8,10-11H2,1-3H3. The molecule has 1 aromatic carbocycles. The Kier molecular flexibility index (Phi) is 4.12. The molecule has 3 aromatic rings. The third-order valence-corrected chi connectivity index (χ3v) is 5.91. The first-order valence-corrected chi connectivity index (χ1v) is 9.70. The molecular weight excluding hydrogens is 330 g/mol. The van der Waals surface area contributed by atoms with Crippen LogP contribution in [-0.4, -0.2) is 33.4 Å². The molecule has 25 heavy (non-hydrogen) atoms. The van der Waals surface area contributed by atoms with Gasteiger partial charge in [0.25, 0.3) is 5.91 Å². The highest BCUT2D eigenvalue weighted by molar-refractivity contribution is 7.13. The topological polar surface area (TPSA) is 38.1 Å². The van der Waals surface area contributed by atoms with Crippen molar-refractivity contribution in [2.75, 3.05) is 13.1 Å². The summed E-state index contributed by atoms with van der Waals surface area (Å²) in [6.07, 6.45) is 1.20. The SMILES string of the molecule is CC1CC(C)CN(C(=O)c2csc(-c3cc4ccccc4n3C)n2)C1. The first-order valence-electron chi connectivity index (χ1n) is 8.82. The summed E-state index contributed by atoms with van der Waals surface area (Å²) in [7, 11) is 2.05. The van der Waals surface area contributed by atoms with Gasteiger partial charge in [-0.1, -0.05) is 32.0 Å². The lowest BCUT2D eigenvalue weighted by atomic mass is 9.92. The van der Waals surface area contributed by atoms with Gasteiger partial charge in [-0.05, 0) is 30.4 Å². The van der Waals surface area contributed by atoms with E-state index in [0.717, 1.165) is 23.8 Å². The predicted molar refractivity (Wildman–Crippen MR) is 103 cm³/mol. The Morgan fingerprint density at radius 3 is 2.64 bits per heavy atom. The number of thiazole rings is 1. The lowest BCUT2D eigenvalue weighted by Crippen LogP contribution is -2.42. The summed E-state index contributed by atoms with van der Waals surface area (Å²) in [6.45, 7) is 6.12. The van der Waals surface area contributed by atoms with Gasteiger partial charge in [0.2, 0.25) is 0 Å². The summed E-state index contributed by atoms with van der Waals surface area (Å²) < 4.78 is 2.15. The van der Waals surface area contributed by atoms with Crippen molar-refractivity contribution in [3.63, 3.8) is 0 Å². The highest BCUT2D eigenvalue weighted by Crippen LogP contribution is 2.30. The van der Waals surface area contributed by atoms with Crippen molar-refractivity contribution in [1.82, 2.24) is 14.5 Å². The maximum Gasteiger partial charge on any atom is 0.273 e. The van der Waals surface area contributed by atoms with E-state index in [0.29, 0.717) is 17.5 Å². The second-order valence-electron chi connectivity index (χ2n) is 7.34. The lowest BCUT2D eigenvalue weighted by molar-refractivity contribution is 0.0618. The van der Waals surface area contributed by atoms with Gasteiger partial charge in [0.1, 0.15) is 10.7 Å². The molecule has 2 atom stereocenters. The number of hydrogen-bond donors (Lipinski definition) is 0. The van der Waals surface area contributed by atoms with Gasteiger partial charge in [0.05, 0.1) is 5.69 Å². The Morgan fingerprint density at radius 2 is 1.92 bits per heavy atom. The summed E-state index contributed by atoms with van der Waals surface area (Å²) in [4.78, 5) is 19.5. The number of hydrogen-bond acceptors (Lipinski definition) is 3. The first-order chi connectivity index (χ1) is 12.0. The van der Waals surface area contributed by atoms with Gasteiger partial charge < -0.3 is 9.47 Å². The quantitative estimate of drug-likeness (QED) is 0.684. The van der Waals surface area contributed by atoms with Gasteiger partial charge in [0.15, 0.2) is 0 Å². The average Bonchev–Trinajstić information content (AvgIpc) is 3.19. The molecule has 4 rings (SSSR count). The van der Waals surface area contributed by atoms with Crippen LogP contribution in [0.5, 0.6) is 0 Å². The Labute approximate surface area is 152 Å². The van der Waals surface area contributed by atoms with Crippen molar-refractivity contribution < 1.29 is 4.79 Å². The Bertz CT molecular complexity index is 916. The molecule has 0 saturated carbocycles. The highest BCUT2D eigenvalue weighted by atomic mass is 32.1. The minimum Gasteiger partial charge on any atom is -0.342 e. The van der Waals surface area contributed by atoms with E-state index in [4.69, 9.17) is 0 Å². The number of likely N-dealkylation sites (tertiary alicyclic amines) is 1. The molecule has 0 radical (unpaired) electrons. The maximum atomic E-state index is 12.9. The summed E-state index contributed by atoms with van der Waals surface area (Å²) in [5.41, 5.74) is 2.82. The van der Waals surface area contributed by atoms with Gasteiger partial charge in [-0.15, -0.1) is 11.3 Å². The molecule has 4 nitrogen and oxygen atoms in total. The number of aryl methyl sites for hydroxylation is 1. The third-order valence-electron chi connectivity index (χ3n) is 5.05. The Hall–Kier alpha value is -2.14. The van der Waals surface area contributed by atoms with E-state index >= 15 is 0 Å². The summed E-state index contributed by atoms with van der Waals surface area (Å²) in [5.74, 6) is 1.19. The molecule has 0 N–H and O–H groups in total. The van der Waals surface area contributed by atoms with Crippen LogP contribution in [0.25, 0.3) is 21.6 Å². The number of rotatable bonds is 2. The summed E-state index contributed by atoms with van der Waals surface area (Å²) in [6, 6.07) is 10.4. The first kappa shape index (κ1) is 16.3. The zero-order valence-electron chi connectivity index (χ0n) is 14.9. The molecule has 5 heteroatoms. The van der Waals surface area contributed by atoms with Gasteiger partial charge in [-0.3, -0.25) is 4.79 Å². The van der Waals surface area contributed by atoms with Crippen LogP contribution < -0.4 is 0 Å². The molecule has 2 unspecified atom stereocenters. The zero-order chi connectivity index (χ0) is 17.6. The van der Waals surface area contributed by atoms with Crippen LogP contribution in [0.1, 0.15) is 30.8 Å². The van der Waals surface area contributed by atoms with E-state index in [1.807, 2.05) is 22.4 Å². The largest absolute Gasteiger partial charge is 0.342 e. The van der Waals surface area contributed by atoms with Gasteiger partial charge in [0, 0.05) is 36.4 Å². The van der Waals surface area contributed by atoms with Crippen molar-refractivity contribution in [2.45, 2.75) is 20.3 Å². The van der Waals surface area contributed by atoms with Gasteiger partial charge >= 0.3 is 0 Å². The van der Waals surface area contributed by atoms with E-state index in [9.17, 15) is 4.79 Å². The van der Waals surface area contributed by atoms with E-state index in [1.165, 1.54) is 17.3 Å². The molecule has 1 saturated heterocycles. The zero-order valence-corrected chi connectivity index (χ0v) is 15.7. The van der Waals surface area contributed by atoms with Gasteiger partial charge in [-0.2, -0.15) is 0 Å². The van der Waals surface area contributed by atoms with Crippen LogP contribution >= 0.6 is 11.3 Å². The highest BCUT2D eigenvalue weighted by Gasteiger charge is 2.27. The molecule has 1 fully saturated rings. The Morgan fingerprint density at radius 1 is 1.20 bits per heavy atom. The van der Waals surface area contributed by atoms with Crippen molar-refractivity contribution in [1.29, 1.82) is 0 Å². The number of para-hydroxylation sites is 1. The van der Waals surface area contributed by atoms with Crippen molar-refractivity contribution in [3.05, 3.63) is 41.4 Å². The monoisotopic (exact) mass is 353 g/mol. The van der Waals surface area contributed by atoms with Crippen LogP contribution in [-0.2, 0) is 7.05 Å². The van der Waals surface area contributed by atoms with Crippen LogP contribution in [0.3, 0.4) is 0 Å². The average molecular weight is 353 g/mol. The Balaban J connectivity index is 1.63. The van der Waals surface area contributed by atoms with E-state index in [2.05, 4.69) is 48.6 Å². The fourth-order valence-electron chi connectivity index (χ4n) is 3.97. The molecule has 0 bridgehead atoms. The number of carbonyl (C=O) groups excluding carboxylic acids is 1. The molecule has 2 aromatic heterocycles. The number of nitrogens with zero attached hydrogens (tertiary/aromatic N) is 3. The number of amides is 1. The number of piperidine rings is 1. The number of fused-ring (bicyclic) bond motifs is 1. The molecular formula is C20H23N3OS. The minimum atomic E-state index is 0.0691. The maximum absolute atomic E-state index is 12.9. The second-order valence-corrected chi connectivity index (χ2v) is 8.20. The van der Waals surface area contributed by atoms with Gasteiger partial charge in [-0.25, -0.2) is 4.98 Å². The van der Waals surface area contributed by atoms with E-state index < -0.39 is 0 Å². The predicted octanol–water partition coefficient (Wildman–Crippen LogP) is 4.42. The molecule has 0 aliphatic carbocycles. The van der Waals surface area contributed by atoms with E-state index in [1.54, 1.807) is 11.3 Å². The molecule has 130 valence electrons. The number of aromatic nitrogens is 2. The fraction of sp³-hybridized carbons (Fsp3) is 0.400. The second kappa shape index (κ2) is 6.30.